The minimum absolute atomic E-state index is 0.154. The van der Waals surface area contributed by atoms with Gasteiger partial charge in [0.1, 0.15) is 5.75 Å². The van der Waals surface area contributed by atoms with Crippen molar-refractivity contribution in [1.82, 2.24) is 0 Å². The summed E-state index contributed by atoms with van der Waals surface area (Å²) in [6, 6.07) is 14.6. The highest BCUT2D eigenvalue weighted by Crippen LogP contribution is 2.26. The molecule has 0 aromatic heterocycles. The predicted octanol–water partition coefficient (Wildman–Crippen LogP) is 4.07. The molecule has 0 aliphatic rings. The summed E-state index contributed by atoms with van der Waals surface area (Å²) in [4.78, 5) is 0. The van der Waals surface area contributed by atoms with Gasteiger partial charge >= 0.3 is 6.36 Å². The van der Waals surface area contributed by atoms with Crippen LogP contribution < -0.4 is 10.1 Å². The maximum Gasteiger partial charge on any atom is 0.573 e. The Hall–Kier alpha value is -2.68. The Balaban J connectivity index is 2.11. The number of halogens is 3. The number of anilines is 1. The maximum absolute atomic E-state index is 12.3. The second-order valence-electron chi connectivity index (χ2n) is 4.20. The van der Waals surface area contributed by atoms with Gasteiger partial charge in [0.2, 0.25) is 0 Å². The first-order valence-electron chi connectivity index (χ1n) is 6.05. The molecular weight excluding hydrogens is 281 g/mol. The normalized spacial score (nSPS) is 10.8. The van der Waals surface area contributed by atoms with Crippen LogP contribution in [0.1, 0.15) is 11.1 Å². The Morgan fingerprint density at radius 3 is 2.57 bits per heavy atom. The topological polar surface area (TPSA) is 45.0 Å². The second kappa shape index (κ2) is 6.18. The van der Waals surface area contributed by atoms with Gasteiger partial charge in [0.05, 0.1) is 11.6 Å². The first kappa shape index (κ1) is 14.7. The van der Waals surface area contributed by atoms with Crippen molar-refractivity contribution in [3.8, 4) is 11.8 Å². The van der Waals surface area contributed by atoms with Crippen molar-refractivity contribution in [3.63, 3.8) is 0 Å². The zero-order valence-corrected chi connectivity index (χ0v) is 10.8. The van der Waals surface area contributed by atoms with Crippen molar-refractivity contribution in [2.45, 2.75) is 12.9 Å². The first-order chi connectivity index (χ1) is 9.98. The lowest BCUT2D eigenvalue weighted by atomic mass is 10.2. The highest BCUT2D eigenvalue weighted by Gasteiger charge is 2.31. The zero-order valence-electron chi connectivity index (χ0n) is 10.8. The number of ether oxygens (including phenoxy) is 1. The van der Waals surface area contributed by atoms with Crippen LogP contribution in [-0.2, 0) is 6.54 Å². The Kier molecular flexibility index (Phi) is 4.33. The van der Waals surface area contributed by atoms with Gasteiger partial charge in [0.25, 0.3) is 0 Å². The van der Waals surface area contributed by atoms with Crippen LogP contribution in [0.5, 0.6) is 5.75 Å². The minimum Gasteiger partial charge on any atom is -0.405 e. The van der Waals surface area contributed by atoms with Crippen LogP contribution >= 0.6 is 0 Å². The largest absolute Gasteiger partial charge is 0.573 e. The van der Waals surface area contributed by atoms with E-state index in [4.69, 9.17) is 5.26 Å². The molecule has 0 atom stereocenters. The molecule has 2 rings (SSSR count). The fourth-order valence-electron chi connectivity index (χ4n) is 1.77. The van der Waals surface area contributed by atoms with E-state index in [1.807, 2.05) is 6.07 Å². The fraction of sp³-hybridized carbons (Fsp3) is 0.133. The lowest BCUT2D eigenvalue weighted by Gasteiger charge is -2.14. The summed E-state index contributed by atoms with van der Waals surface area (Å²) >= 11 is 0. The van der Waals surface area contributed by atoms with Gasteiger partial charge < -0.3 is 10.1 Å². The molecule has 2 aromatic carbocycles. The molecule has 0 aliphatic heterocycles. The molecule has 0 bridgehead atoms. The molecule has 0 unspecified atom stereocenters. The van der Waals surface area contributed by atoms with Crippen molar-refractivity contribution in [1.29, 1.82) is 5.26 Å². The number of hydrogen-bond donors (Lipinski definition) is 1. The van der Waals surface area contributed by atoms with Gasteiger partial charge in [0.15, 0.2) is 0 Å². The Labute approximate surface area is 119 Å². The van der Waals surface area contributed by atoms with Gasteiger partial charge in [-0.1, -0.05) is 24.3 Å². The maximum atomic E-state index is 12.3. The van der Waals surface area contributed by atoms with Gasteiger partial charge in [-0.25, -0.2) is 0 Å². The van der Waals surface area contributed by atoms with Gasteiger partial charge in [-0.05, 0) is 24.3 Å². The molecule has 21 heavy (non-hydrogen) atoms. The van der Waals surface area contributed by atoms with Crippen molar-refractivity contribution < 1.29 is 17.9 Å². The number of hydrogen-bond acceptors (Lipinski definition) is 3. The van der Waals surface area contributed by atoms with E-state index >= 15 is 0 Å². The van der Waals surface area contributed by atoms with Crippen LogP contribution in [-0.4, -0.2) is 6.36 Å². The summed E-state index contributed by atoms with van der Waals surface area (Å²) in [6.07, 6.45) is -4.73. The van der Waals surface area contributed by atoms with Crippen LogP contribution in [0.2, 0.25) is 0 Å². The quantitative estimate of drug-likeness (QED) is 0.924. The number of nitriles is 1. The summed E-state index contributed by atoms with van der Waals surface area (Å²) in [5.41, 5.74) is 1.49. The monoisotopic (exact) mass is 292 g/mol. The molecule has 0 amide bonds. The predicted molar refractivity (Wildman–Crippen MR) is 71.6 cm³/mol. The molecule has 0 aliphatic carbocycles. The molecule has 0 spiro atoms. The molecule has 6 heteroatoms. The van der Waals surface area contributed by atoms with E-state index in [1.165, 1.54) is 12.1 Å². The van der Waals surface area contributed by atoms with Gasteiger partial charge in [-0.3, -0.25) is 0 Å². The Bertz CT molecular complexity index is 662. The molecule has 0 fully saturated rings. The molecule has 2 aromatic rings. The van der Waals surface area contributed by atoms with E-state index in [9.17, 15) is 13.2 Å². The summed E-state index contributed by atoms with van der Waals surface area (Å²) in [5, 5.41) is 11.8. The van der Waals surface area contributed by atoms with E-state index < -0.39 is 6.36 Å². The lowest BCUT2D eigenvalue weighted by Crippen LogP contribution is -2.18. The van der Waals surface area contributed by atoms with Gasteiger partial charge in [-0.2, -0.15) is 5.26 Å². The lowest BCUT2D eigenvalue weighted by molar-refractivity contribution is -0.274. The zero-order chi connectivity index (χ0) is 15.3. The molecule has 0 saturated heterocycles. The number of alkyl halides is 3. The Morgan fingerprint density at radius 2 is 1.86 bits per heavy atom. The van der Waals surface area contributed by atoms with E-state index in [0.717, 1.165) is 0 Å². The second-order valence-corrected chi connectivity index (χ2v) is 4.20. The van der Waals surface area contributed by atoms with Crippen LogP contribution in [0.4, 0.5) is 18.9 Å². The summed E-state index contributed by atoms with van der Waals surface area (Å²) < 4.78 is 40.9. The SMILES string of the molecule is N#Cc1cccc(NCc2ccccc2OC(F)(F)F)c1. The van der Waals surface area contributed by atoms with Crippen molar-refractivity contribution in [2.24, 2.45) is 0 Å². The standard InChI is InChI=1S/C15H11F3N2O/c16-15(17,18)21-14-7-2-1-5-12(14)10-20-13-6-3-4-11(8-13)9-19/h1-8,20H,10H2. The first-order valence-corrected chi connectivity index (χ1v) is 6.05. The third-order valence-corrected chi connectivity index (χ3v) is 2.67. The number of para-hydroxylation sites is 1. The fourth-order valence-corrected chi connectivity index (χ4v) is 1.77. The van der Waals surface area contributed by atoms with Crippen LogP contribution in [0.3, 0.4) is 0 Å². The summed E-state index contributed by atoms with van der Waals surface area (Å²) in [6.45, 7) is 0.154. The molecule has 0 radical (unpaired) electrons. The van der Waals surface area contributed by atoms with Crippen LogP contribution in [0.25, 0.3) is 0 Å². The molecule has 0 heterocycles. The van der Waals surface area contributed by atoms with Gasteiger partial charge in [0, 0.05) is 17.8 Å². The van der Waals surface area contributed by atoms with Crippen molar-refractivity contribution in [2.75, 3.05) is 5.32 Å². The van der Waals surface area contributed by atoms with E-state index in [-0.39, 0.29) is 12.3 Å². The van der Waals surface area contributed by atoms with Crippen molar-refractivity contribution in [3.05, 3.63) is 59.7 Å². The van der Waals surface area contributed by atoms with E-state index in [2.05, 4.69) is 10.1 Å². The third kappa shape index (κ3) is 4.42. The number of nitrogens with zero attached hydrogens (tertiary/aromatic N) is 1. The molecule has 108 valence electrons. The van der Waals surface area contributed by atoms with Crippen LogP contribution in [0.15, 0.2) is 48.5 Å². The summed E-state index contributed by atoms with van der Waals surface area (Å²) in [5.74, 6) is -0.242. The number of nitrogens with one attached hydrogen (secondary N) is 1. The number of rotatable bonds is 4. The average Bonchev–Trinajstić information content (AvgIpc) is 2.45. The highest BCUT2D eigenvalue weighted by molar-refractivity contribution is 5.50. The van der Waals surface area contributed by atoms with Crippen LogP contribution in [0, 0.1) is 11.3 Å². The molecule has 1 N–H and O–H groups in total. The molecule has 3 nitrogen and oxygen atoms in total. The summed E-state index contributed by atoms with van der Waals surface area (Å²) in [7, 11) is 0. The minimum atomic E-state index is -4.73. The highest BCUT2D eigenvalue weighted by atomic mass is 19.4. The number of benzene rings is 2. The molecular formula is C15H11F3N2O. The smallest absolute Gasteiger partial charge is 0.405 e. The average molecular weight is 292 g/mol. The third-order valence-electron chi connectivity index (χ3n) is 2.67. The van der Waals surface area contributed by atoms with E-state index in [0.29, 0.717) is 16.8 Å². The Morgan fingerprint density at radius 1 is 1.10 bits per heavy atom. The van der Waals surface area contributed by atoms with Gasteiger partial charge in [-0.15, -0.1) is 13.2 Å². The van der Waals surface area contributed by atoms with E-state index in [1.54, 1.807) is 36.4 Å². The van der Waals surface area contributed by atoms with Crippen molar-refractivity contribution >= 4 is 5.69 Å². The molecule has 0 saturated carbocycles.